The number of nitrogen functional groups attached to an aromatic ring is 1. The first-order chi connectivity index (χ1) is 12.0. The van der Waals surface area contributed by atoms with Gasteiger partial charge in [-0.2, -0.15) is 5.10 Å². The van der Waals surface area contributed by atoms with Crippen LogP contribution in [0.4, 0.5) is 11.4 Å². The monoisotopic (exact) mass is 349 g/mol. The zero-order valence-electron chi connectivity index (χ0n) is 13.7. The summed E-state index contributed by atoms with van der Waals surface area (Å²) in [5.41, 5.74) is 9.93. The zero-order valence-corrected chi connectivity index (χ0v) is 14.5. The van der Waals surface area contributed by atoms with E-state index in [4.69, 9.17) is 5.73 Å². The first-order valence-electron chi connectivity index (χ1n) is 7.72. The number of fused-ring (bicyclic) bond motifs is 2. The summed E-state index contributed by atoms with van der Waals surface area (Å²) in [5, 5.41) is 12.9. The van der Waals surface area contributed by atoms with Gasteiger partial charge in [0.15, 0.2) is 0 Å². The van der Waals surface area contributed by atoms with Crippen LogP contribution < -0.4 is 11.1 Å². The number of hydrogen-bond donors (Lipinski definition) is 2. The highest BCUT2D eigenvalue weighted by Crippen LogP contribution is 2.35. The molecule has 0 saturated carbocycles. The lowest BCUT2D eigenvalue weighted by Gasteiger charge is -2.05. The molecule has 1 aromatic carbocycles. The minimum atomic E-state index is -0.269. The number of benzene rings is 1. The van der Waals surface area contributed by atoms with E-state index >= 15 is 0 Å². The van der Waals surface area contributed by atoms with Crippen molar-refractivity contribution in [1.29, 1.82) is 0 Å². The molecule has 0 unspecified atom stereocenters. The maximum Gasteiger partial charge on any atom is 0.267 e. The average molecular weight is 349 g/mol. The number of para-hydroxylation sites is 1. The second-order valence-corrected chi connectivity index (χ2v) is 6.81. The highest BCUT2D eigenvalue weighted by atomic mass is 32.1. The molecule has 0 aliphatic carbocycles. The van der Waals surface area contributed by atoms with Crippen molar-refractivity contribution in [3.63, 3.8) is 0 Å². The molecule has 3 N–H and O–H groups in total. The van der Waals surface area contributed by atoms with Crippen LogP contribution in [0.3, 0.4) is 0 Å². The van der Waals surface area contributed by atoms with Gasteiger partial charge in [-0.1, -0.05) is 18.2 Å². The highest BCUT2D eigenvalue weighted by molar-refractivity contribution is 7.21. The second-order valence-electron chi connectivity index (χ2n) is 5.81. The van der Waals surface area contributed by atoms with Gasteiger partial charge < -0.3 is 11.1 Å². The number of aromatic nitrogens is 3. The Morgan fingerprint density at radius 1 is 1.20 bits per heavy atom. The average Bonchev–Trinajstić information content (AvgIpc) is 2.95. The van der Waals surface area contributed by atoms with Crippen molar-refractivity contribution in [2.45, 2.75) is 13.8 Å². The summed E-state index contributed by atoms with van der Waals surface area (Å²) < 4.78 is 0. The SMILES string of the molecule is Cc1nnc2sc(C(=O)Nc3cnc4ccccc4c3)c(N)c2c1C. The van der Waals surface area contributed by atoms with Crippen LogP contribution in [0.25, 0.3) is 21.1 Å². The predicted octanol–water partition coefficient (Wildman–Crippen LogP) is 3.69. The first kappa shape index (κ1) is 15.5. The van der Waals surface area contributed by atoms with Crippen molar-refractivity contribution in [3.05, 3.63) is 52.7 Å². The smallest absolute Gasteiger partial charge is 0.267 e. The van der Waals surface area contributed by atoms with Gasteiger partial charge >= 0.3 is 0 Å². The van der Waals surface area contributed by atoms with E-state index in [0.29, 0.717) is 21.1 Å². The Kier molecular flexibility index (Phi) is 3.58. The molecule has 25 heavy (non-hydrogen) atoms. The van der Waals surface area contributed by atoms with Crippen LogP contribution in [-0.4, -0.2) is 21.1 Å². The summed E-state index contributed by atoms with van der Waals surface area (Å²) in [6, 6.07) is 9.63. The molecule has 4 rings (SSSR count). The number of pyridine rings is 1. The van der Waals surface area contributed by atoms with Crippen LogP contribution in [0.1, 0.15) is 20.9 Å². The lowest BCUT2D eigenvalue weighted by atomic mass is 10.1. The number of thiophene rings is 1. The molecule has 0 aliphatic rings. The number of nitrogens with zero attached hydrogens (tertiary/aromatic N) is 3. The third-order valence-corrected chi connectivity index (χ3v) is 5.28. The van der Waals surface area contributed by atoms with Crippen molar-refractivity contribution >= 4 is 49.7 Å². The third kappa shape index (κ3) is 2.58. The van der Waals surface area contributed by atoms with E-state index in [9.17, 15) is 4.79 Å². The Morgan fingerprint density at radius 3 is 2.84 bits per heavy atom. The summed E-state index contributed by atoms with van der Waals surface area (Å²) in [6.07, 6.45) is 1.64. The molecule has 0 radical (unpaired) electrons. The largest absolute Gasteiger partial charge is 0.397 e. The normalized spacial score (nSPS) is 11.1. The fraction of sp³-hybridized carbons (Fsp3) is 0.111. The summed E-state index contributed by atoms with van der Waals surface area (Å²) in [7, 11) is 0. The number of carbonyl (C=O) groups is 1. The van der Waals surface area contributed by atoms with Crippen molar-refractivity contribution in [2.75, 3.05) is 11.1 Å². The molecular formula is C18H15N5OS. The Morgan fingerprint density at radius 2 is 2.00 bits per heavy atom. The van der Waals surface area contributed by atoms with E-state index in [1.54, 1.807) is 6.20 Å². The molecule has 0 saturated heterocycles. The number of aryl methyl sites for hydroxylation is 2. The molecule has 1 amide bonds. The van der Waals surface area contributed by atoms with Crippen LogP contribution in [0.15, 0.2) is 36.5 Å². The van der Waals surface area contributed by atoms with Crippen molar-refractivity contribution < 1.29 is 4.79 Å². The van der Waals surface area contributed by atoms with Gasteiger partial charge in [0.2, 0.25) is 0 Å². The minimum Gasteiger partial charge on any atom is -0.397 e. The van der Waals surface area contributed by atoms with Crippen LogP contribution in [0, 0.1) is 13.8 Å². The van der Waals surface area contributed by atoms with Gasteiger partial charge in [0.05, 0.1) is 28.8 Å². The van der Waals surface area contributed by atoms with Gasteiger partial charge in [0.1, 0.15) is 9.71 Å². The van der Waals surface area contributed by atoms with Crippen molar-refractivity contribution in [2.24, 2.45) is 0 Å². The zero-order chi connectivity index (χ0) is 17.6. The lowest BCUT2D eigenvalue weighted by Crippen LogP contribution is -2.12. The summed E-state index contributed by atoms with van der Waals surface area (Å²) in [5.74, 6) is -0.269. The number of rotatable bonds is 2. The topological polar surface area (TPSA) is 93.8 Å². The predicted molar refractivity (Wildman–Crippen MR) is 101 cm³/mol. The van der Waals surface area contributed by atoms with Gasteiger partial charge in [0.25, 0.3) is 5.91 Å². The molecule has 0 fully saturated rings. The number of nitrogens with one attached hydrogen (secondary N) is 1. The lowest BCUT2D eigenvalue weighted by molar-refractivity contribution is 0.103. The molecule has 3 heterocycles. The summed E-state index contributed by atoms with van der Waals surface area (Å²) in [4.78, 5) is 18.1. The summed E-state index contributed by atoms with van der Waals surface area (Å²) in [6.45, 7) is 3.81. The molecule has 7 heteroatoms. The number of hydrogen-bond acceptors (Lipinski definition) is 6. The molecule has 0 bridgehead atoms. The van der Waals surface area contributed by atoms with Gasteiger partial charge in [-0.3, -0.25) is 9.78 Å². The van der Waals surface area contributed by atoms with E-state index in [0.717, 1.165) is 27.5 Å². The van der Waals surface area contributed by atoms with E-state index < -0.39 is 0 Å². The van der Waals surface area contributed by atoms with E-state index in [1.165, 1.54) is 11.3 Å². The fourth-order valence-electron chi connectivity index (χ4n) is 2.74. The number of amides is 1. The Labute approximate surface area is 147 Å². The molecular weight excluding hydrogens is 334 g/mol. The Bertz CT molecular complexity index is 1140. The second kappa shape index (κ2) is 5.78. The van der Waals surface area contributed by atoms with Crippen LogP contribution >= 0.6 is 11.3 Å². The van der Waals surface area contributed by atoms with Gasteiger partial charge in [-0.05, 0) is 31.5 Å². The maximum absolute atomic E-state index is 12.7. The maximum atomic E-state index is 12.7. The van der Waals surface area contributed by atoms with Crippen LogP contribution in [-0.2, 0) is 0 Å². The number of carbonyl (C=O) groups excluding carboxylic acids is 1. The standard InChI is InChI=1S/C18H15N5OS/c1-9-10(2)22-23-18-14(9)15(19)16(25-18)17(24)21-12-7-11-5-3-4-6-13(11)20-8-12/h3-8H,19H2,1-2H3,(H,21,24). The van der Waals surface area contributed by atoms with Crippen LogP contribution in [0.2, 0.25) is 0 Å². The first-order valence-corrected chi connectivity index (χ1v) is 8.54. The van der Waals surface area contributed by atoms with E-state index in [2.05, 4.69) is 20.5 Å². The molecule has 4 aromatic rings. The fourth-order valence-corrected chi connectivity index (χ4v) is 3.73. The highest BCUT2D eigenvalue weighted by Gasteiger charge is 2.20. The third-order valence-electron chi connectivity index (χ3n) is 4.19. The van der Waals surface area contributed by atoms with Crippen molar-refractivity contribution in [1.82, 2.24) is 15.2 Å². The molecule has 0 atom stereocenters. The Balaban J connectivity index is 1.72. The molecule has 6 nitrogen and oxygen atoms in total. The minimum absolute atomic E-state index is 0.269. The van der Waals surface area contributed by atoms with Crippen molar-refractivity contribution in [3.8, 4) is 0 Å². The molecule has 124 valence electrons. The van der Waals surface area contributed by atoms with Gasteiger partial charge in [-0.15, -0.1) is 16.4 Å². The number of nitrogens with two attached hydrogens (primary N) is 1. The molecule has 3 aromatic heterocycles. The van der Waals surface area contributed by atoms with Gasteiger partial charge in [0, 0.05) is 10.8 Å². The quantitative estimate of drug-likeness (QED) is 0.575. The van der Waals surface area contributed by atoms with E-state index in [1.807, 2.05) is 44.2 Å². The number of anilines is 2. The summed E-state index contributed by atoms with van der Waals surface area (Å²) >= 11 is 1.25. The van der Waals surface area contributed by atoms with Gasteiger partial charge in [-0.25, -0.2) is 0 Å². The van der Waals surface area contributed by atoms with Crippen LogP contribution in [0.5, 0.6) is 0 Å². The Hall–Kier alpha value is -3.06. The molecule has 0 spiro atoms. The molecule has 0 aliphatic heterocycles. The van der Waals surface area contributed by atoms with E-state index in [-0.39, 0.29) is 5.91 Å².